The highest BCUT2D eigenvalue weighted by atomic mass is 79.9. The second-order valence-electron chi connectivity index (χ2n) is 24.6. The maximum absolute atomic E-state index is 12.4. The lowest BCUT2D eigenvalue weighted by atomic mass is 10.1. The van der Waals surface area contributed by atoms with Crippen molar-refractivity contribution in [3.63, 3.8) is 0 Å². The first kappa shape index (κ1) is 115. The molecular formula is C90H106Br4ClN11O16. The molecule has 0 aliphatic heterocycles. The van der Waals surface area contributed by atoms with Crippen molar-refractivity contribution >= 4 is 151 Å². The lowest BCUT2D eigenvalue weighted by Crippen LogP contribution is -2.16. The molecule has 0 aliphatic rings. The zero-order valence-corrected chi connectivity index (χ0v) is 79.5. The first-order valence-corrected chi connectivity index (χ1v) is 40.5. The highest BCUT2D eigenvalue weighted by Gasteiger charge is 2.19. The van der Waals surface area contributed by atoms with E-state index < -0.39 is 29.1 Å². The smallest absolute Gasteiger partial charge is 0.349 e. The molecule has 0 saturated carbocycles. The Bertz CT molecular complexity index is 4820. The number of carbonyl (C=O) groups is 9. The van der Waals surface area contributed by atoms with Crippen molar-refractivity contribution in [2.75, 3.05) is 57.0 Å². The number of nitriles is 3. The number of aromatic nitrogens is 5. The highest BCUT2D eigenvalue weighted by Crippen LogP contribution is 2.24. The summed E-state index contributed by atoms with van der Waals surface area (Å²) >= 11 is 18.0. The van der Waals surface area contributed by atoms with E-state index in [1.54, 1.807) is 149 Å². The molecule has 8 rings (SSSR count). The predicted octanol–water partition coefficient (Wildman–Crippen LogP) is 20.7. The average Bonchev–Trinajstić information content (AvgIpc) is 0.717. The van der Waals surface area contributed by atoms with E-state index in [-0.39, 0.29) is 59.6 Å². The number of amides is 2. The SMILES string of the molecule is C/C=C/C(C)=C(/C#N)C(=O)OCC.C=Cc1nccc(C)c1C(=O)Nc1ccccc1C.CC(C)=O.CCOC(=O)C(C#N)=C(C)C.CCOC(=O)CC#N.CCOC(=O)c1c(C)ccnc1Br.COC(C)OC.Cc1ccccc1N.Cc1ccccc1NC(=O)c1c(C)ccnc1Br.Cc1ccnc(Br)c1C(=O)Cl.Cc1ccnc(Br)c1C(=O)O. The van der Waals surface area contributed by atoms with Gasteiger partial charge in [0.1, 0.15) is 53.9 Å². The molecule has 0 atom stereocenters. The maximum Gasteiger partial charge on any atom is 0.349 e. The number of ether oxygens (including phenoxy) is 6. The van der Waals surface area contributed by atoms with E-state index in [1.807, 2.05) is 153 Å². The second-order valence-corrected chi connectivity index (χ2v) is 28.0. The van der Waals surface area contributed by atoms with Gasteiger partial charge in [-0.25, -0.2) is 39.1 Å². The summed E-state index contributed by atoms with van der Waals surface area (Å²) in [5, 5.41) is 39.1. The average molecular weight is 1950 g/mol. The predicted molar refractivity (Wildman–Crippen MR) is 490 cm³/mol. The lowest BCUT2D eigenvalue weighted by Gasteiger charge is -2.11. The number of halogens is 5. The Morgan fingerprint density at radius 1 is 0.508 bits per heavy atom. The Labute approximate surface area is 754 Å². The summed E-state index contributed by atoms with van der Waals surface area (Å²) < 4.78 is 30.0. The fourth-order valence-corrected chi connectivity index (χ4v) is 11.3. The third-order valence-corrected chi connectivity index (χ3v) is 17.4. The number of ketones is 1. The topological polar surface area (TPSA) is 415 Å². The van der Waals surface area contributed by atoms with E-state index in [1.165, 1.54) is 13.8 Å². The van der Waals surface area contributed by atoms with Crippen molar-refractivity contribution in [1.82, 2.24) is 24.9 Å². The number of carboxylic acids is 1. The van der Waals surface area contributed by atoms with Crippen molar-refractivity contribution in [2.24, 2.45) is 0 Å². The number of benzene rings is 3. The summed E-state index contributed by atoms with van der Waals surface area (Å²) in [6.07, 6.45) is 13.0. The molecule has 3 aromatic carbocycles. The van der Waals surface area contributed by atoms with E-state index in [9.17, 15) is 43.2 Å². The first-order chi connectivity index (χ1) is 57.6. The van der Waals surface area contributed by atoms with Crippen LogP contribution in [0.3, 0.4) is 0 Å². The van der Waals surface area contributed by atoms with Gasteiger partial charge in [-0.15, -0.1) is 0 Å². The summed E-state index contributed by atoms with van der Waals surface area (Å²) in [6, 6.07) is 37.3. The van der Waals surface area contributed by atoms with Gasteiger partial charge in [0.05, 0.1) is 66.0 Å². The first-order valence-electron chi connectivity index (χ1n) is 37.0. The molecule has 5 N–H and O–H groups in total. The number of aromatic carboxylic acids is 1. The number of nitrogens with one attached hydrogen (secondary N) is 2. The Kier molecular flexibility index (Phi) is 62.1. The zero-order chi connectivity index (χ0) is 93.7. The van der Waals surface area contributed by atoms with Crippen molar-refractivity contribution in [3.8, 4) is 18.2 Å². The Morgan fingerprint density at radius 3 is 1.16 bits per heavy atom. The fraction of sp³-hybridized carbons (Fsp3) is 0.300. The van der Waals surface area contributed by atoms with Crippen LogP contribution in [0.1, 0.15) is 185 Å². The van der Waals surface area contributed by atoms with Crippen molar-refractivity contribution in [1.29, 1.82) is 15.8 Å². The number of nitrogen functional groups attached to an aromatic ring is 1. The van der Waals surface area contributed by atoms with Crippen LogP contribution in [0.4, 0.5) is 17.1 Å². The van der Waals surface area contributed by atoms with E-state index >= 15 is 0 Å². The highest BCUT2D eigenvalue weighted by molar-refractivity contribution is 9.11. The molecule has 652 valence electrons. The van der Waals surface area contributed by atoms with Crippen LogP contribution in [0.15, 0.2) is 194 Å². The quantitative estimate of drug-likeness (QED) is 0.00713. The van der Waals surface area contributed by atoms with Gasteiger partial charge in [0, 0.05) is 62.3 Å². The summed E-state index contributed by atoms with van der Waals surface area (Å²) in [4.78, 5) is 119. The van der Waals surface area contributed by atoms with Crippen LogP contribution in [0, 0.1) is 89.4 Å². The van der Waals surface area contributed by atoms with E-state index in [2.05, 4.69) is 125 Å². The summed E-state index contributed by atoms with van der Waals surface area (Å²) in [5.74, 6) is -2.97. The molecule has 32 heteroatoms. The number of aryl methyl sites for hydroxylation is 8. The molecule has 122 heavy (non-hydrogen) atoms. The minimum absolute atomic E-state index is 0.0648. The molecule has 0 radical (unpaired) electrons. The Balaban J connectivity index is -0.00000130. The molecule has 0 bridgehead atoms. The Hall–Kier alpha value is -11.6. The minimum atomic E-state index is -0.956. The van der Waals surface area contributed by atoms with Crippen LogP contribution in [-0.2, 0) is 47.6 Å². The molecule has 0 saturated heterocycles. The van der Waals surface area contributed by atoms with Crippen LogP contribution < -0.4 is 16.4 Å². The van der Waals surface area contributed by atoms with Crippen molar-refractivity contribution in [2.45, 2.75) is 144 Å². The van der Waals surface area contributed by atoms with Crippen LogP contribution in [0.2, 0.25) is 0 Å². The van der Waals surface area contributed by atoms with Crippen LogP contribution in [0.25, 0.3) is 6.08 Å². The Morgan fingerprint density at radius 2 is 0.861 bits per heavy atom. The monoisotopic (exact) mass is 1950 g/mol. The van der Waals surface area contributed by atoms with Gasteiger partial charge in [-0.2, -0.15) is 15.8 Å². The number of rotatable bonds is 18. The van der Waals surface area contributed by atoms with Crippen LogP contribution >= 0.6 is 75.3 Å². The normalized spacial score (nSPS) is 9.67. The summed E-state index contributed by atoms with van der Waals surface area (Å²) in [5.41, 5.74) is 19.8. The number of allylic oxidation sites excluding steroid dienone is 4. The van der Waals surface area contributed by atoms with E-state index in [0.717, 1.165) is 56.0 Å². The van der Waals surface area contributed by atoms with Crippen LogP contribution in [0.5, 0.6) is 0 Å². The van der Waals surface area contributed by atoms with Gasteiger partial charge in [-0.3, -0.25) is 24.2 Å². The van der Waals surface area contributed by atoms with Gasteiger partial charge in [-0.1, -0.05) is 78.9 Å². The van der Waals surface area contributed by atoms with Gasteiger partial charge in [0.2, 0.25) is 0 Å². The number of anilines is 3. The fourth-order valence-electron chi connectivity index (χ4n) is 8.50. The third-order valence-electron chi connectivity index (χ3n) is 14.8. The number of carboxylic acid groups (broad SMARTS) is 1. The lowest BCUT2D eigenvalue weighted by molar-refractivity contribution is -0.142. The van der Waals surface area contributed by atoms with E-state index in [4.69, 9.17) is 47.7 Å². The zero-order valence-electron chi connectivity index (χ0n) is 72.4. The van der Waals surface area contributed by atoms with Gasteiger partial charge < -0.3 is 54.7 Å². The number of hydrogen-bond acceptors (Lipinski definition) is 24. The molecule has 27 nitrogen and oxygen atoms in total. The molecule has 5 aromatic heterocycles. The molecule has 0 aliphatic carbocycles. The summed E-state index contributed by atoms with van der Waals surface area (Å²) in [6.45, 7) is 38.8. The van der Waals surface area contributed by atoms with Crippen LogP contribution in [-0.4, -0.2) is 130 Å². The number of carbonyl (C=O) groups excluding carboxylic acids is 8. The van der Waals surface area contributed by atoms with Crippen molar-refractivity contribution in [3.05, 3.63) is 272 Å². The molecule has 8 aromatic rings. The number of methoxy groups -OCH3 is 2. The van der Waals surface area contributed by atoms with E-state index in [0.29, 0.717) is 82.9 Å². The largest absolute Gasteiger partial charge is 0.478 e. The number of nitrogens with zero attached hydrogens (tertiary/aromatic N) is 8. The summed E-state index contributed by atoms with van der Waals surface area (Å²) in [7, 11) is 3.21. The number of para-hydroxylation sites is 3. The molecule has 5 heterocycles. The maximum atomic E-state index is 12.4. The number of pyridine rings is 5. The van der Waals surface area contributed by atoms with Gasteiger partial charge >= 0.3 is 29.8 Å². The number of esters is 4. The number of hydrogen-bond donors (Lipinski definition) is 4. The molecule has 0 fully saturated rings. The minimum Gasteiger partial charge on any atom is -0.478 e. The standard InChI is InChI=1S/C16H16N2O.C14H13BrN2O.C10H13NO2.C9H10BrNO2.C8H11NO2.C7H5BrClNO.C7H6BrNO2.C7H9N.C5H7NO2.C4H10O2.C3H6O/c1-4-13-15(12(3)9-10-17-13)16(19)18-14-8-6-5-7-11(14)2;1-9-5-3-4-6-11(9)17-14(18)12-10(2)7-8-16-13(12)15;1-4-6-8(3)9(7-11)10(12)13-5-2;1-3-13-9(12)7-6(2)4-5-11-8(7)10;1-4-11-8(10)7(5-9)6(2)3;1-4-2-3-10-6(8)5(4)7(9)11;1-4-2-3-9-6(8)5(4)7(10)11;1-6-4-2-3-5-7(6)8;1-2-8-5(7)3-4-6;1-4(5-2)6-3;1-3(2)4/h4-10H,1H2,2-3H3,(H,18,19);3-8H,1-2H3,(H,17,18);4,6H,5H2,1-3H3;4-5H,3H2,1-2H3;4H2,1-3H3;2-3H,1H3;2-3H,1H3,(H,10,11);2-5H,8H2,1H3;2-3H2,1H3;4H,1-3H3;1-2H3/b;;6-4+,9-8-;;;;;;;;. The van der Waals surface area contributed by atoms with Crippen molar-refractivity contribution < 1.29 is 76.7 Å². The van der Waals surface area contributed by atoms with Gasteiger partial charge in [0.15, 0.2) is 6.29 Å². The van der Waals surface area contributed by atoms with Gasteiger partial charge in [0.25, 0.3) is 17.1 Å². The second kappa shape index (κ2) is 66.2. The molecular weight excluding hydrogens is 1850 g/mol. The third kappa shape index (κ3) is 46.8. The van der Waals surface area contributed by atoms with Gasteiger partial charge in [-0.05, 0) is 312 Å². The molecule has 0 spiro atoms. The molecule has 0 unspecified atom stereocenters. The number of Topliss-reactive ketones (excluding diaryl/α,β-unsaturated/α-hetero) is 1. The molecule has 2 amide bonds. The number of nitrogens with two attached hydrogens (primary N) is 1.